The van der Waals surface area contributed by atoms with E-state index in [1.54, 1.807) is 0 Å². The van der Waals surface area contributed by atoms with Gasteiger partial charge >= 0.3 is 5.92 Å². The third kappa shape index (κ3) is 1.89. The van der Waals surface area contributed by atoms with Crippen LogP contribution in [0.3, 0.4) is 0 Å². The number of ether oxygens (including phenoxy) is 1. The summed E-state index contributed by atoms with van der Waals surface area (Å²) in [4.78, 5) is 0. The average Bonchev–Trinajstić information content (AvgIpc) is 2.45. The Hall–Kier alpha value is -1.06. The summed E-state index contributed by atoms with van der Waals surface area (Å²) in [5.74, 6) is -2.66. The second-order valence-corrected chi connectivity index (χ2v) is 2.75. The van der Waals surface area contributed by atoms with Crippen molar-refractivity contribution in [2.24, 2.45) is 0 Å². The second-order valence-electron chi connectivity index (χ2n) is 2.75. The average molecular weight is 196 g/mol. The van der Waals surface area contributed by atoms with Gasteiger partial charge in [-0.1, -0.05) is 25.4 Å². The van der Waals surface area contributed by atoms with E-state index < -0.39 is 12.5 Å². The van der Waals surface area contributed by atoms with Crippen molar-refractivity contribution in [2.75, 3.05) is 6.61 Å². The summed E-state index contributed by atoms with van der Waals surface area (Å²) in [6.45, 7) is 3.42. The Morgan fingerprint density at radius 2 is 2.00 bits per heavy atom. The van der Waals surface area contributed by atoms with Gasteiger partial charge in [-0.3, -0.25) is 0 Å². The molecule has 0 amide bonds. The summed E-state index contributed by atoms with van der Waals surface area (Å²) in [5, 5.41) is 0. The van der Waals surface area contributed by atoms with Crippen molar-refractivity contribution in [2.45, 2.75) is 19.8 Å². The third-order valence-corrected chi connectivity index (χ3v) is 1.81. The molecule has 1 aliphatic rings. The number of halogens is 2. The first-order valence-corrected chi connectivity index (χ1v) is 4.50. The summed E-state index contributed by atoms with van der Waals surface area (Å²) >= 11 is 0. The van der Waals surface area contributed by atoms with Crippen LogP contribution in [0.25, 0.3) is 0 Å². The molecule has 0 saturated carbocycles. The molecular formula is C10H11BF2O. The smallest absolute Gasteiger partial charge is 0.310 e. The maximum Gasteiger partial charge on any atom is 0.310 e. The summed E-state index contributed by atoms with van der Waals surface area (Å²) in [6.07, 6.45) is 0. The van der Waals surface area contributed by atoms with Gasteiger partial charge in [0.05, 0.1) is 5.56 Å². The van der Waals surface area contributed by atoms with Crippen LogP contribution in [0, 0.1) is 0 Å². The van der Waals surface area contributed by atoms with Crippen LogP contribution < -0.4 is 10.2 Å². The van der Waals surface area contributed by atoms with Gasteiger partial charge in [-0.15, -0.1) is 0 Å². The SMILES string of the molecule is CC.[B]c1ccc2c(c1)OCC2(F)F. The molecule has 1 aliphatic heterocycles. The van der Waals surface area contributed by atoms with Crippen LogP contribution >= 0.6 is 0 Å². The van der Waals surface area contributed by atoms with E-state index in [0.717, 1.165) is 0 Å². The number of alkyl halides is 2. The van der Waals surface area contributed by atoms with Gasteiger partial charge in [0, 0.05) is 0 Å². The van der Waals surface area contributed by atoms with E-state index in [4.69, 9.17) is 12.6 Å². The molecule has 0 N–H and O–H groups in total. The van der Waals surface area contributed by atoms with Crippen LogP contribution in [0.1, 0.15) is 19.4 Å². The molecular weight excluding hydrogens is 185 g/mol. The van der Waals surface area contributed by atoms with E-state index in [2.05, 4.69) is 0 Å². The van der Waals surface area contributed by atoms with Crippen molar-refractivity contribution in [3.8, 4) is 5.75 Å². The lowest BCUT2D eigenvalue weighted by molar-refractivity contribution is -0.0213. The number of fused-ring (bicyclic) bond motifs is 1. The third-order valence-electron chi connectivity index (χ3n) is 1.81. The standard InChI is InChI=1S/C8H5BF2O.C2H6/c9-5-1-2-6-7(3-5)12-4-8(6,10)11;1-2/h1-3H,4H2;1-2H3. The fourth-order valence-electron chi connectivity index (χ4n) is 1.21. The maximum atomic E-state index is 12.9. The zero-order valence-corrected chi connectivity index (χ0v) is 8.18. The van der Waals surface area contributed by atoms with Crippen LogP contribution in [0.2, 0.25) is 0 Å². The molecule has 0 saturated heterocycles. The fraction of sp³-hybridized carbons (Fsp3) is 0.400. The van der Waals surface area contributed by atoms with Gasteiger partial charge in [0.2, 0.25) is 0 Å². The number of hydrogen-bond acceptors (Lipinski definition) is 1. The van der Waals surface area contributed by atoms with Crippen molar-refractivity contribution in [1.82, 2.24) is 0 Å². The molecule has 4 heteroatoms. The Bertz CT molecular complexity index is 326. The molecule has 0 bridgehead atoms. The van der Waals surface area contributed by atoms with E-state index in [9.17, 15) is 8.78 Å². The fourth-order valence-corrected chi connectivity index (χ4v) is 1.21. The Balaban J connectivity index is 0.000000461. The van der Waals surface area contributed by atoms with E-state index >= 15 is 0 Å². The normalized spacial score (nSPS) is 16.3. The largest absolute Gasteiger partial charge is 0.486 e. The lowest BCUT2D eigenvalue weighted by Gasteiger charge is -2.05. The topological polar surface area (TPSA) is 9.23 Å². The lowest BCUT2D eigenvalue weighted by atomic mass is 9.94. The summed E-state index contributed by atoms with van der Waals surface area (Å²) in [7, 11) is 5.39. The van der Waals surface area contributed by atoms with Crippen LogP contribution in [-0.2, 0) is 5.92 Å². The minimum atomic E-state index is -2.86. The predicted molar refractivity (Wildman–Crippen MR) is 52.6 cm³/mol. The lowest BCUT2D eigenvalue weighted by Crippen LogP contribution is -2.14. The molecule has 0 unspecified atom stereocenters. The van der Waals surface area contributed by atoms with Gasteiger partial charge in [-0.2, -0.15) is 8.78 Å². The molecule has 0 fully saturated rings. The predicted octanol–water partition coefficient (Wildman–Crippen LogP) is 1.99. The summed E-state index contributed by atoms with van der Waals surface area (Å²) < 4.78 is 30.6. The molecule has 2 rings (SSSR count). The molecule has 1 aromatic carbocycles. The first-order valence-electron chi connectivity index (χ1n) is 4.50. The van der Waals surface area contributed by atoms with Gasteiger partial charge in [0.15, 0.2) is 6.61 Å². The summed E-state index contributed by atoms with van der Waals surface area (Å²) in [6, 6.07) is 4.16. The highest BCUT2D eigenvalue weighted by Crippen LogP contribution is 2.40. The minimum Gasteiger partial charge on any atom is -0.486 e. The molecule has 1 nitrogen and oxygen atoms in total. The van der Waals surface area contributed by atoms with Crippen molar-refractivity contribution in [1.29, 1.82) is 0 Å². The highest BCUT2D eigenvalue weighted by atomic mass is 19.3. The minimum absolute atomic E-state index is 0.0725. The van der Waals surface area contributed by atoms with Crippen molar-refractivity contribution >= 4 is 13.3 Å². The highest BCUT2D eigenvalue weighted by Gasteiger charge is 2.40. The zero-order chi connectivity index (χ0) is 10.8. The molecule has 1 heterocycles. The Morgan fingerprint density at radius 1 is 1.36 bits per heavy atom. The Labute approximate surface area is 83.5 Å². The number of hydrogen-bond donors (Lipinski definition) is 0. The van der Waals surface area contributed by atoms with Gasteiger partial charge < -0.3 is 4.74 Å². The molecule has 74 valence electrons. The number of rotatable bonds is 0. The quantitative estimate of drug-likeness (QED) is 0.576. The van der Waals surface area contributed by atoms with Crippen LogP contribution in [0.5, 0.6) is 5.75 Å². The second kappa shape index (κ2) is 3.99. The van der Waals surface area contributed by atoms with Crippen molar-refractivity contribution < 1.29 is 13.5 Å². The first-order chi connectivity index (χ1) is 6.59. The molecule has 1 aromatic rings. The van der Waals surface area contributed by atoms with Gasteiger partial charge in [-0.25, -0.2) is 0 Å². The Kier molecular flexibility index (Phi) is 3.14. The monoisotopic (exact) mass is 196 g/mol. The van der Waals surface area contributed by atoms with E-state index in [1.807, 2.05) is 13.8 Å². The molecule has 0 atom stereocenters. The zero-order valence-electron chi connectivity index (χ0n) is 8.18. The molecule has 14 heavy (non-hydrogen) atoms. The summed E-state index contributed by atoms with van der Waals surface area (Å²) in [5.41, 5.74) is 0.364. The van der Waals surface area contributed by atoms with E-state index in [0.29, 0.717) is 5.46 Å². The molecule has 0 aromatic heterocycles. The van der Waals surface area contributed by atoms with E-state index in [-0.39, 0.29) is 11.3 Å². The number of benzene rings is 1. The van der Waals surface area contributed by atoms with E-state index in [1.165, 1.54) is 18.2 Å². The Morgan fingerprint density at radius 3 is 2.64 bits per heavy atom. The first kappa shape index (κ1) is 11.0. The van der Waals surface area contributed by atoms with Crippen molar-refractivity contribution in [3.05, 3.63) is 23.8 Å². The van der Waals surface area contributed by atoms with Crippen molar-refractivity contribution in [3.63, 3.8) is 0 Å². The van der Waals surface area contributed by atoms with Gasteiger partial charge in [0.25, 0.3) is 0 Å². The van der Waals surface area contributed by atoms with Crippen LogP contribution in [0.15, 0.2) is 18.2 Å². The maximum absolute atomic E-state index is 12.9. The highest BCUT2D eigenvalue weighted by molar-refractivity contribution is 6.32. The van der Waals surface area contributed by atoms with Crippen LogP contribution in [0.4, 0.5) is 8.78 Å². The van der Waals surface area contributed by atoms with Crippen LogP contribution in [-0.4, -0.2) is 14.5 Å². The molecule has 0 aliphatic carbocycles. The van der Waals surface area contributed by atoms with Gasteiger partial charge in [-0.05, 0) is 12.1 Å². The molecule has 0 spiro atoms. The van der Waals surface area contributed by atoms with Gasteiger partial charge in [0.1, 0.15) is 13.6 Å². The molecule has 2 radical (unpaired) electrons.